The molecule has 0 radical (unpaired) electrons. The number of hydrogen-bond donors (Lipinski definition) is 3. The zero-order valence-electron chi connectivity index (χ0n) is 10.6. The fourth-order valence-corrected chi connectivity index (χ4v) is 2.42. The fraction of sp³-hybridized carbons (Fsp3) is 0.500. The second-order valence-corrected chi connectivity index (χ2v) is 4.95. The van der Waals surface area contributed by atoms with E-state index in [1.165, 1.54) is 0 Å². The third-order valence-electron chi connectivity index (χ3n) is 3.49. The predicted molar refractivity (Wildman–Crippen MR) is 70.9 cm³/mol. The first-order valence-electron chi connectivity index (χ1n) is 6.43. The lowest BCUT2D eigenvalue weighted by atomic mass is 9.92. The van der Waals surface area contributed by atoms with Crippen LogP contribution in [0.1, 0.15) is 22.8 Å². The van der Waals surface area contributed by atoms with E-state index in [0.717, 1.165) is 31.6 Å². The number of piperazine rings is 1. The van der Waals surface area contributed by atoms with Crippen molar-refractivity contribution in [1.82, 2.24) is 10.6 Å². The van der Waals surface area contributed by atoms with Gasteiger partial charge in [0.2, 0.25) is 0 Å². The van der Waals surface area contributed by atoms with Crippen molar-refractivity contribution in [3.05, 3.63) is 35.4 Å². The van der Waals surface area contributed by atoms with Gasteiger partial charge < -0.3 is 15.7 Å². The Bertz CT molecular complexity index is 414. The summed E-state index contributed by atoms with van der Waals surface area (Å²) in [5, 5.41) is 15.8. The van der Waals surface area contributed by atoms with E-state index in [1.54, 1.807) is 12.1 Å². The van der Waals surface area contributed by atoms with Crippen molar-refractivity contribution in [1.29, 1.82) is 0 Å². The molecule has 4 heteroatoms. The zero-order chi connectivity index (χ0) is 13.0. The molecular formula is C14H20N2O2. The normalized spacial score (nSPS) is 21.5. The Labute approximate surface area is 107 Å². The summed E-state index contributed by atoms with van der Waals surface area (Å²) in [6.45, 7) is 5.22. The largest absolute Gasteiger partial charge is 0.478 e. The Morgan fingerprint density at radius 3 is 3.00 bits per heavy atom. The molecule has 4 nitrogen and oxygen atoms in total. The van der Waals surface area contributed by atoms with Crippen LogP contribution < -0.4 is 10.6 Å². The molecule has 98 valence electrons. The Hall–Kier alpha value is -1.39. The molecule has 0 amide bonds. The van der Waals surface area contributed by atoms with Gasteiger partial charge in [0, 0.05) is 25.7 Å². The smallest absolute Gasteiger partial charge is 0.335 e. The molecule has 18 heavy (non-hydrogen) atoms. The van der Waals surface area contributed by atoms with E-state index in [-0.39, 0.29) is 0 Å². The number of carboxylic acid groups (broad SMARTS) is 1. The summed E-state index contributed by atoms with van der Waals surface area (Å²) in [7, 11) is 0. The minimum absolute atomic E-state index is 0.370. The van der Waals surface area contributed by atoms with Gasteiger partial charge in [-0.25, -0.2) is 4.79 Å². The quantitative estimate of drug-likeness (QED) is 0.747. The van der Waals surface area contributed by atoms with Crippen molar-refractivity contribution < 1.29 is 9.90 Å². The highest BCUT2D eigenvalue weighted by Gasteiger charge is 2.19. The van der Waals surface area contributed by atoms with Crippen molar-refractivity contribution in [2.45, 2.75) is 19.4 Å². The monoisotopic (exact) mass is 248 g/mol. The highest BCUT2D eigenvalue weighted by molar-refractivity contribution is 5.87. The van der Waals surface area contributed by atoms with Gasteiger partial charge in [-0.15, -0.1) is 0 Å². The molecule has 2 rings (SSSR count). The summed E-state index contributed by atoms with van der Waals surface area (Å²) in [5.74, 6) is -0.371. The first-order chi connectivity index (χ1) is 8.66. The van der Waals surface area contributed by atoms with Gasteiger partial charge in [0.1, 0.15) is 0 Å². The van der Waals surface area contributed by atoms with E-state index in [2.05, 4.69) is 17.6 Å². The van der Waals surface area contributed by atoms with Crippen LogP contribution in [0.15, 0.2) is 24.3 Å². The first-order valence-corrected chi connectivity index (χ1v) is 6.43. The Morgan fingerprint density at radius 1 is 1.50 bits per heavy atom. The van der Waals surface area contributed by atoms with Gasteiger partial charge >= 0.3 is 5.97 Å². The minimum atomic E-state index is -0.859. The maximum absolute atomic E-state index is 10.9. The van der Waals surface area contributed by atoms with E-state index in [9.17, 15) is 4.79 Å². The molecule has 3 N–H and O–H groups in total. The van der Waals surface area contributed by atoms with Gasteiger partial charge in [-0.3, -0.25) is 0 Å². The van der Waals surface area contributed by atoms with E-state index < -0.39 is 5.97 Å². The number of hydrogen-bond acceptors (Lipinski definition) is 3. The molecule has 1 aromatic carbocycles. The van der Waals surface area contributed by atoms with Gasteiger partial charge in [-0.1, -0.05) is 19.1 Å². The molecule has 1 aliphatic heterocycles. The molecule has 0 aromatic heterocycles. The Morgan fingerprint density at radius 2 is 2.33 bits per heavy atom. The Kier molecular flexibility index (Phi) is 4.33. The highest BCUT2D eigenvalue weighted by atomic mass is 16.4. The summed E-state index contributed by atoms with van der Waals surface area (Å²) in [5.41, 5.74) is 1.46. The summed E-state index contributed by atoms with van der Waals surface area (Å²) in [4.78, 5) is 10.9. The van der Waals surface area contributed by atoms with Gasteiger partial charge in [0.15, 0.2) is 0 Å². The molecule has 0 aliphatic carbocycles. The fourth-order valence-electron chi connectivity index (χ4n) is 2.42. The molecule has 1 aromatic rings. The first kappa shape index (κ1) is 13.1. The summed E-state index contributed by atoms with van der Waals surface area (Å²) < 4.78 is 0. The van der Waals surface area contributed by atoms with E-state index in [1.807, 2.05) is 12.1 Å². The molecule has 1 fully saturated rings. The van der Waals surface area contributed by atoms with Crippen LogP contribution in [0.3, 0.4) is 0 Å². The number of nitrogens with one attached hydrogen (secondary N) is 2. The summed E-state index contributed by atoms with van der Waals surface area (Å²) in [6.07, 6.45) is 0.903. The van der Waals surface area contributed by atoms with Crippen LogP contribution in [0.25, 0.3) is 0 Å². The summed E-state index contributed by atoms with van der Waals surface area (Å²) >= 11 is 0. The second-order valence-electron chi connectivity index (χ2n) is 4.95. The molecule has 0 bridgehead atoms. The summed E-state index contributed by atoms with van der Waals surface area (Å²) in [6, 6.07) is 7.69. The van der Waals surface area contributed by atoms with Crippen molar-refractivity contribution >= 4 is 5.97 Å². The molecule has 1 saturated heterocycles. The SMILES string of the molecule is CC(Cc1cccc(C(=O)O)c1)C1CNCCN1. The minimum Gasteiger partial charge on any atom is -0.478 e. The van der Waals surface area contributed by atoms with Crippen LogP contribution in [-0.2, 0) is 6.42 Å². The number of carbonyl (C=O) groups is 1. The number of benzene rings is 1. The van der Waals surface area contributed by atoms with E-state index in [0.29, 0.717) is 17.5 Å². The van der Waals surface area contributed by atoms with Gasteiger partial charge in [-0.2, -0.15) is 0 Å². The maximum atomic E-state index is 10.9. The lowest BCUT2D eigenvalue weighted by molar-refractivity contribution is 0.0696. The molecule has 1 aliphatic rings. The van der Waals surface area contributed by atoms with Crippen molar-refractivity contribution in [3.8, 4) is 0 Å². The third-order valence-corrected chi connectivity index (χ3v) is 3.49. The average Bonchev–Trinajstić information content (AvgIpc) is 2.40. The highest BCUT2D eigenvalue weighted by Crippen LogP contribution is 2.14. The lowest BCUT2D eigenvalue weighted by Gasteiger charge is -2.29. The molecule has 1 heterocycles. The molecular weight excluding hydrogens is 228 g/mol. The number of rotatable bonds is 4. The molecule has 0 saturated carbocycles. The average molecular weight is 248 g/mol. The van der Waals surface area contributed by atoms with E-state index >= 15 is 0 Å². The lowest BCUT2D eigenvalue weighted by Crippen LogP contribution is -2.51. The van der Waals surface area contributed by atoms with Crippen LogP contribution in [-0.4, -0.2) is 36.8 Å². The maximum Gasteiger partial charge on any atom is 0.335 e. The molecule has 2 atom stereocenters. The number of carboxylic acids is 1. The third kappa shape index (κ3) is 3.31. The second kappa shape index (κ2) is 5.98. The van der Waals surface area contributed by atoms with Gasteiger partial charge in [0.05, 0.1) is 5.56 Å². The zero-order valence-corrected chi connectivity index (χ0v) is 10.6. The van der Waals surface area contributed by atoms with Crippen LogP contribution in [0.4, 0.5) is 0 Å². The van der Waals surface area contributed by atoms with Crippen LogP contribution >= 0.6 is 0 Å². The van der Waals surface area contributed by atoms with Crippen LogP contribution in [0.5, 0.6) is 0 Å². The van der Waals surface area contributed by atoms with Gasteiger partial charge in [-0.05, 0) is 30.0 Å². The molecule has 2 unspecified atom stereocenters. The van der Waals surface area contributed by atoms with E-state index in [4.69, 9.17) is 5.11 Å². The van der Waals surface area contributed by atoms with Crippen LogP contribution in [0, 0.1) is 5.92 Å². The van der Waals surface area contributed by atoms with Crippen molar-refractivity contribution in [2.24, 2.45) is 5.92 Å². The Balaban J connectivity index is 1.99. The van der Waals surface area contributed by atoms with Crippen LogP contribution in [0.2, 0.25) is 0 Å². The molecule has 0 spiro atoms. The number of aromatic carboxylic acids is 1. The van der Waals surface area contributed by atoms with Gasteiger partial charge in [0.25, 0.3) is 0 Å². The standard InChI is InChI=1S/C14H20N2O2/c1-10(13-9-15-5-6-16-13)7-11-3-2-4-12(8-11)14(17)18/h2-4,8,10,13,15-16H,5-7,9H2,1H3,(H,17,18). The van der Waals surface area contributed by atoms with Crippen molar-refractivity contribution in [3.63, 3.8) is 0 Å². The topological polar surface area (TPSA) is 61.4 Å². The predicted octanol–water partition coefficient (Wildman–Crippen LogP) is 1.12. The van der Waals surface area contributed by atoms with Crippen molar-refractivity contribution in [2.75, 3.05) is 19.6 Å².